The Morgan fingerprint density at radius 1 is 1.26 bits per heavy atom. The minimum absolute atomic E-state index is 0.106. The first-order valence-electron chi connectivity index (χ1n) is 6.98. The molecule has 2 heterocycles. The number of hydrogen-bond donors (Lipinski definition) is 1. The number of hydrogen-bond acceptors (Lipinski definition) is 4. The summed E-state index contributed by atoms with van der Waals surface area (Å²) in [6.07, 6.45) is 0. The topological polar surface area (TPSA) is 79.0 Å². The maximum Gasteiger partial charge on any atom is 0.387 e. The van der Waals surface area contributed by atoms with E-state index in [0.717, 1.165) is 0 Å². The molecule has 23 heavy (non-hydrogen) atoms. The lowest BCUT2D eigenvalue weighted by Gasteiger charge is -2.35. The van der Waals surface area contributed by atoms with Crippen LogP contribution in [-0.2, 0) is 10.0 Å². The van der Waals surface area contributed by atoms with Gasteiger partial charge in [-0.25, -0.2) is 13.2 Å². The van der Waals surface area contributed by atoms with Crippen LogP contribution in [0.3, 0.4) is 0 Å². The van der Waals surface area contributed by atoms with Crippen LogP contribution in [0.5, 0.6) is 5.75 Å². The van der Waals surface area contributed by atoms with Gasteiger partial charge in [-0.05, 0) is 12.1 Å². The first-order valence-corrected chi connectivity index (χ1v) is 8.42. The second-order valence-corrected chi connectivity index (χ2v) is 7.13. The van der Waals surface area contributed by atoms with Crippen molar-refractivity contribution in [3.8, 4) is 5.75 Å². The molecule has 126 valence electrons. The molecule has 2 saturated heterocycles. The van der Waals surface area contributed by atoms with Crippen LogP contribution >= 0.6 is 0 Å². The van der Waals surface area contributed by atoms with Crippen molar-refractivity contribution in [1.29, 1.82) is 0 Å². The van der Waals surface area contributed by atoms with Crippen LogP contribution in [0.1, 0.15) is 0 Å². The molecule has 0 bridgehead atoms. The van der Waals surface area contributed by atoms with Crippen molar-refractivity contribution in [2.24, 2.45) is 0 Å². The molecule has 0 unspecified atom stereocenters. The van der Waals surface area contributed by atoms with Gasteiger partial charge in [-0.15, -0.1) is 0 Å². The van der Waals surface area contributed by atoms with E-state index in [4.69, 9.17) is 0 Å². The average molecular weight is 347 g/mol. The number of rotatable bonds is 4. The molecule has 2 aliphatic rings. The fourth-order valence-corrected chi connectivity index (χ4v) is 4.38. The molecule has 2 aliphatic heterocycles. The Balaban J connectivity index is 1.86. The molecular weight excluding hydrogens is 332 g/mol. The van der Waals surface area contributed by atoms with Crippen molar-refractivity contribution in [3.63, 3.8) is 0 Å². The molecule has 0 saturated carbocycles. The minimum Gasteiger partial charge on any atom is -0.433 e. The van der Waals surface area contributed by atoms with E-state index in [1.165, 1.54) is 28.6 Å². The maximum atomic E-state index is 12.7. The summed E-state index contributed by atoms with van der Waals surface area (Å²) in [7, 11) is -3.99. The van der Waals surface area contributed by atoms with E-state index in [1.807, 2.05) is 0 Å². The van der Waals surface area contributed by atoms with Crippen LogP contribution in [0.25, 0.3) is 0 Å². The number of urea groups is 1. The van der Waals surface area contributed by atoms with Gasteiger partial charge in [-0.3, -0.25) is 0 Å². The summed E-state index contributed by atoms with van der Waals surface area (Å²) >= 11 is 0. The summed E-state index contributed by atoms with van der Waals surface area (Å²) < 4.78 is 55.9. The fraction of sp³-hybridized carbons (Fsp3) is 0.462. The summed E-state index contributed by atoms with van der Waals surface area (Å²) in [5.41, 5.74) is 0. The zero-order valence-corrected chi connectivity index (χ0v) is 12.8. The van der Waals surface area contributed by atoms with Gasteiger partial charge in [0.25, 0.3) is 0 Å². The van der Waals surface area contributed by atoms with E-state index in [-0.39, 0.29) is 42.4 Å². The molecule has 1 N–H and O–H groups in total. The monoisotopic (exact) mass is 347 g/mol. The van der Waals surface area contributed by atoms with E-state index >= 15 is 0 Å². The Bertz CT molecular complexity index is 713. The Hall–Kier alpha value is -1.94. The van der Waals surface area contributed by atoms with Crippen LogP contribution in [0.2, 0.25) is 0 Å². The average Bonchev–Trinajstić information content (AvgIpc) is 2.88. The van der Waals surface area contributed by atoms with Gasteiger partial charge in [-0.1, -0.05) is 12.1 Å². The van der Waals surface area contributed by atoms with E-state index in [2.05, 4.69) is 10.1 Å². The summed E-state index contributed by atoms with van der Waals surface area (Å²) in [5, 5.41) is 2.65. The molecule has 0 spiro atoms. The highest BCUT2D eigenvalue weighted by atomic mass is 32.2. The first kappa shape index (κ1) is 15.9. The number of alkyl halides is 2. The molecule has 7 nitrogen and oxygen atoms in total. The van der Waals surface area contributed by atoms with Crippen molar-refractivity contribution in [3.05, 3.63) is 24.3 Å². The molecule has 1 aromatic carbocycles. The molecule has 2 amide bonds. The Morgan fingerprint density at radius 3 is 2.74 bits per heavy atom. The predicted octanol–water partition coefficient (Wildman–Crippen LogP) is 0.686. The quantitative estimate of drug-likeness (QED) is 0.869. The van der Waals surface area contributed by atoms with Crippen molar-refractivity contribution < 1.29 is 26.7 Å². The third kappa shape index (κ3) is 2.95. The molecule has 1 aromatic rings. The number of para-hydroxylation sites is 1. The second kappa shape index (κ2) is 5.93. The number of sulfonamides is 1. The van der Waals surface area contributed by atoms with Gasteiger partial charge >= 0.3 is 12.6 Å². The molecule has 1 atom stereocenters. The Morgan fingerprint density at radius 2 is 2.00 bits per heavy atom. The number of nitrogens with one attached hydrogen (secondary N) is 1. The third-order valence-corrected chi connectivity index (χ3v) is 5.78. The van der Waals surface area contributed by atoms with Crippen molar-refractivity contribution >= 4 is 16.1 Å². The third-order valence-electron chi connectivity index (χ3n) is 3.88. The van der Waals surface area contributed by atoms with Crippen LogP contribution in [0.15, 0.2) is 29.2 Å². The number of piperazine rings is 1. The van der Waals surface area contributed by atoms with Gasteiger partial charge in [0.15, 0.2) is 0 Å². The molecule has 0 aromatic heterocycles. The molecule has 10 heteroatoms. The van der Waals surface area contributed by atoms with Crippen LogP contribution in [-0.4, -0.2) is 62.5 Å². The van der Waals surface area contributed by atoms with Gasteiger partial charge in [0, 0.05) is 26.2 Å². The number of fused-ring (bicyclic) bond motifs is 1. The molecule has 0 radical (unpaired) electrons. The highest BCUT2D eigenvalue weighted by Gasteiger charge is 2.40. The van der Waals surface area contributed by atoms with Gasteiger partial charge in [0.05, 0.1) is 6.04 Å². The zero-order chi connectivity index (χ0) is 16.6. The number of ether oxygens (including phenoxy) is 1. The normalized spacial score (nSPS) is 22.1. The van der Waals surface area contributed by atoms with E-state index in [9.17, 15) is 22.0 Å². The standard InChI is InChI=1S/C13H15F2N3O4S/c14-12(15)22-10-3-1-2-4-11(10)23(20,21)17-5-6-18-9(8-17)7-16-13(18)19/h1-4,9,12H,5-8H2,(H,16,19)/t9-/m1/s1. The van der Waals surface area contributed by atoms with E-state index in [0.29, 0.717) is 6.54 Å². The summed E-state index contributed by atoms with van der Waals surface area (Å²) in [4.78, 5) is 12.8. The number of halogens is 2. The molecule has 3 rings (SSSR count). The molecule has 2 fully saturated rings. The van der Waals surface area contributed by atoms with Crippen LogP contribution < -0.4 is 10.1 Å². The highest BCUT2D eigenvalue weighted by Crippen LogP contribution is 2.29. The lowest BCUT2D eigenvalue weighted by Crippen LogP contribution is -2.53. The van der Waals surface area contributed by atoms with Crippen LogP contribution in [0.4, 0.5) is 13.6 Å². The SMILES string of the molecule is O=C1NC[C@@H]2CN(S(=O)(=O)c3ccccc3OC(F)F)CCN12. The minimum atomic E-state index is -3.99. The first-order chi connectivity index (χ1) is 10.9. The summed E-state index contributed by atoms with van der Waals surface area (Å²) in [5.74, 6) is -0.384. The number of nitrogens with zero attached hydrogens (tertiary/aromatic N) is 2. The van der Waals surface area contributed by atoms with Crippen molar-refractivity contribution in [2.75, 3.05) is 26.2 Å². The van der Waals surface area contributed by atoms with Crippen LogP contribution in [0, 0.1) is 0 Å². The highest BCUT2D eigenvalue weighted by molar-refractivity contribution is 7.89. The fourth-order valence-electron chi connectivity index (χ4n) is 2.79. The molecular formula is C13H15F2N3O4S. The maximum absolute atomic E-state index is 12.7. The van der Waals surface area contributed by atoms with E-state index < -0.39 is 16.6 Å². The van der Waals surface area contributed by atoms with Gasteiger partial charge < -0.3 is 15.0 Å². The largest absolute Gasteiger partial charge is 0.433 e. The predicted molar refractivity (Wildman–Crippen MR) is 75.7 cm³/mol. The molecule has 0 aliphatic carbocycles. The Kier molecular flexibility index (Phi) is 4.11. The number of carbonyl (C=O) groups is 1. The number of amides is 2. The van der Waals surface area contributed by atoms with Crippen molar-refractivity contribution in [2.45, 2.75) is 17.5 Å². The number of benzene rings is 1. The van der Waals surface area contributed by atoms with E-state index in [1.54, 1.807) is 4.90 Å². The Labute approximate surface area is 131 Å². The zero-order valence-electron chi connectivity index (χ0n) is 12.0. The summed E-state index contributed by atoms with van der Waals surface area (Å²) in [6, 6.07) is 4.83. The lowest BCUT2D eigenvalue weighted by atomic mass is 10.2. The smallest absolute Gasteiger partial charge is 0.387 e. The second-order valence-electron chi connectivity index (χ2n) is 5.22. The van der Waals surface area contributed by atoms with Crippen molar-refractivity contribution in [1.82, 2.24) is 14.5 Å². The lowest BCUT2D eigenvalue weighted by molar-refractivity contribution is -0.0518. The summed E-state index contributed by atoms with van der Waals surface area (Å²) in [6.45, 7) is -2.27. The number of carbonyl (C=O) groups excluding carboxylic acids is 1. The van der Waals surface area contributed by atoms with Gasteiger partial charge in [-0.2, -0.15) is 13.1 Å². The van der Waals surface area contributed by atoms with Gasteiger partial charge in [0.2, 0.25) is 10.0 Å². The van der Waals surface area contributed by atoms with Gasteiger partial charge in [0.1, 0.15) is 10.6 Å².